The zero-order chi connectivity index (χ0) is 15.4. The van der Waals surface area contributed by atoms with Gasteiger partial charge >= 0.3 is 0 Å². The van der Waals surface area contributed by atoms with Gasteiger partial charge in [0, 0.05) is 10.0 Å². The molecule has 0 saturated heterocycles. The molecule has 0 bridgehead atoms. The van der Waals surface area contributed by atoms with Crippen LogP contribution in [-0.2, 0) is 6.61 Å². The molecule has 0 aromatic heterocycles. The maximum atomic E-state index is 9.82. The van der Waals surface area contributed by atoms with Crippen LogP contribution in [0.15, 0.2) is 46.9 Å². The van der Waals surface area contributed by atoms with Gasteiger partial charge in [0.1, 0.15) is 12.4 Å². The molecule has 0 aliphatic carbocycles. The molecule has 1 atom stereocenters. The largest absolute Gasteiger partial charge is 0.489 e. The van der Waals surface area contributed by atoms with E-state index in [2.05, 4.69) is 54.0 Å². The summed E-state index contributed by atoms with van der Waals surface area (Å²) in [5.41, 5.74) is 3.24. The quantitative estimate of drug-likeness (QED) is 0.803. The molecule has 0 saturated carbocycles. The van der Waals surface area contributed by atoms with Crippen molar-refractivity contribution in [3.8, 4) is 5.75 Å². The van der Waals surface area contributed by atoms with E-state index in [-0.39, 0.29) is 0 Å². The van der Waals surface area contributed by atoms with E-state index in [0.29, 0.717) is 12.5 Å². The van der Waals surface area contributed by atoms with Gasteiger partial charge in [-0.1, -0.05) is 54.0 Å². The zero-order valence-electron chi connectivity index (χ0n) is 12.6. The summed E-state index contributed by atoms with van der Waals surface area (Å²) < 4.78 is 6.80. The summed E-state index contributed by atoms with van der Waals surface area (Å²) >= 11 is 3.42. The second kappa shape index (κ2) is 7.10. The highest BCUT2D eigenvalue weighted by molar-refractivity contribution is 9.10. The fraction of sp³-hybridized carbons (Fsp3) is 0.333. The van der Waals surface area contributed by atoms with Crippen LogP contribution in [0, 0.1) is 0 Å². The van der Waals surface area contributed by atoms with Gasteiger partial charge < -0.3 is 9.84 Å². The fourth-order valence-corrected chi connectivity index (χ4v) is 2.52. The molecule has 2 nitrogen and oxygen atoms in total. The molecule has 0 amide bonds. The lowest BCUT2D eigenvalue weighted by Gasteiger charge is -2.14. The Balaban J connectivity index is 2.09. The third-order valence-electron chi connectivity index (χ3n) is 3.46. The summed E-state index contributed by atoms with van der Waals surface area (Å²) in [6, 6.07) is 14.2. The van der Waals surface area contributed by atoms with Gasteiger partial charge in [-0.15, -0.1) is 0 Å². The van der Waals surface area contributed by atoms with Crippen molar-refractivity contribution in [2.75, 3.05) is 0 Å². The Labute approximate surface area is 134 Å². The van der Waals surface area contributed by atoms with E-state index in [0.717, 1.165) is 21.3 Å². The molecule has 1 N–H and O–H groups in total. The van der Waals surface area contributed by atoms with Gasteiger partial charge in [-0.2, -0.15) is 0 Å². The van der Waals surface area contributed by atoms with Gasteiger partial charge in [0.2, 0.25) is 0 Å². The minimum Gasteiger partial charge on any atom is -0.489 e. The molecule has 0 aliphatic rings. The van der Waals surface area contributed by atoms with Gasteiger partial charge in [-0.05, 0) is 42.2 Å². The SMILES string of the molecule is CC(C)c1ccc(COc2ccc(Br)cc2C(C)O)cc1. The van der Waals surface area contributed by atoms with Gasteiger partial charge in [0.25, 0.3) is 0 Å². The van der Waals surface area contributed by atoms with Crippen LogP contribution in [0.1, 0.15) is 49.5 Å². The van der Waals surface area contributed by atoms with Crippen molar-refractivity contribution < 1.29 is 9.84 Å². The normalized spacial score (nSPS) is 12.5. The average molecular weight is 349 g/mol. The number of benzene rings is 2. The molecule has 0 spiro atoms. The highest BCUT2D eigenvalue weighted by Crippen LogP contribution is 2.29. The van der Waals surface area contributed by atoms with E-state index >= 15 is 0 Å². The van der Waals surface area contributed by atoms with Crippen molar-refractivity contribution in [2.24, 2.45) is 0 Å². The van der Waals surface area contributed by atoms with Crippen molar-refractivity contribution in [1.82, 2.24) is 0 Å². The van der Waals surface area contributed by atoms with Crippen LogP contribution in [0.2, 0.25) is 0 Å². The zero-order valence-corrected chi connectivity index (χ0v) is 14.2. The Kier molecular flexibility index (Phi) is 5.43. The van der Waals surface area contributed by atoms with Crippen LogP contribution in [0.4, 0.5) is 0 Å². The molecule has 0 radical (unpaired) electrons. The lowest BCUT2D eigenvalue weighted by molar-refractivity contribution is 0.190. The highest BCUT2D eigenvalue weighted by Gasteiger charge is 2.10. The van der Waals surface area contributed by atoms with Crippen LogP contribution in [-0.4, -0.2) is 5.11 Å². The van der Waals surface area contributed by atoms with Gasteiger partial charge in [-0.25, -0.2) is 0 Å². The first-order valence-electron chi connectivity index (χ1n) is 7.16. The van der Waals surface area contributed by atoms with Crippen LogP contribution in [0.5, 0.6) is 5.75 Å². The summed E-state index contributed by atoms with van der Waals surface area (Å²) in [6.45, 7) is 6.61. The predicted molar refractivity (Wildman–Crippen MR) is 89.6 cm³/mol. The van der Waals surface area contributed by atoms with Crippen LogP contribution in [0.25, 0.3) is 0 Å². The van der Waals surface area contributed by atoms with Crippen LogP contribution in [0.3, 0.4) is 0 Å². The Morgan fingerprint density at radius 1 is 1.05 bits per heavy atom. The summed E-state index contributed by atoms with van der Waals surface area (Å²) in [5.74, 6) is 1.26. The summed E-state index contributed by atoms with van der Waals surface area (Å²) in [5, 5.41) is 9.82. The highest BCUT2D eigenvalue weighted by atomic mass is 79.9. The van der Waals surface area contributed by atoms with Gasteiger partial charge in [0.15, 0.2) is 0 Å². The lowest BCUT2D eigenvalue weighted by Crippen LogP contribution is -2.01. The lowest BCUT2D eigenvalue weighted by atomic mass is 10.0. The van der Waals surface area contributed by atoms with E-state index in [4.69, 9.17) is 4.74 Å². The second-order valence-corrected chi connectivity index (χ2v) is 6.46. The van der Waals surface area contributed by atoms with Crippen molar-refractivity contribution in [2.45, 2.75) is 39.4 Å². The molecule has 21 heavy (non-hydrogen) atoms. The first-order chi connectivity index (χ1) is 9.97. The van der Waals surface area contributed by atoms with E-state index in [1.54, 1.807) is 6.92 Å². The Morgan fingerprint density at radius 2 is 1.71 bits per heavy atom. The van der Waals surface area contributed by atoms with Crippen LogP contribution >= 0.6 is 15.9 Å². The van der Waals surface area contributed by atoms with Crippen molar-refractivity contribution in [1.29, 1.82) is 0 Å². The molecule has 1 unspecified atom stereocenters. The summed E-state index contributed by atoms with van der Waals surface area (Å²) in [7, 11) is 0. The second-order valence-electron chi connectivity index (χ2n) is 5.54. The molecule has 2 aromatic carbocycles. The molecular weight excluding hydrogens is 328 g/mol. The molecule has 2 rings (SSSR count). The molecule has 0 aliphatic heterocycles. The summed E-state index contributed by atoms with van der Waals surface area (Å²) in [6.07, 6.45) is -0.555. The third-order valence-corrected chi connectivity index (χ3v) is 3.96. The molecule has 0 fully saturated rings. The first kappa shape index (κ1) is 16.1. The number of aliphatic hydroxyl groups is 1. The smallest absolute Gasteiger partial charge is 0.125 e. The number of halogens is 1. The van der Waals surface area contributed by atoms with E-state index in [1.807, 2.05) is 18.2 Å². The first-order valence-corrected chi connectivity index (χ1v) is 7.96. The van der Waals surface area contributed by atoms with Crippen molar-refractivity contribution in [3.63, 3.8) is 0 Å². The maximum absolute atomic E-state index is 9.82. The van der Waals surface area contributed by atoms with Crippen molar-refractivity contribution >= 4 is 15.9 Å². The molecule has 112 valence electrons. The topological polar surface area (TPSA) is 29.5 Å². The van der Waals surface area contributed by atoms with E-state index in [1.165, 1.54) is 5.56 Å². The minimum absolute atomic E-state index is 0.500. The number of rotatable bonds is 5. The molecule has 2 aromatic rings. The standard InChI is InChI=1S/C18H21BrO2/c1-12(2)15-6-4-14(5-7-15)11-21-18-9-8-16(19)10-17(18)13(3)20/h4-10,12-13,20H,11H2,1-3H3. The van der Waals surface area contributed by atoms with E-state index in [9.17, 15) is 5.11 Å². The monoisotopic (exact) mass is 348 g/mol. The molecule has 3 heteroatoms. The number of aliphatic hydroxyl groups excluding tert-OH is 1. The fourth-order valence-electron chi connectivity index (χ4n) is 2.14. The Morgan fingerprint density at radius 3 is 2.29 bits per heavy atom. The third kappa shape index (κ3) is 4.32. The van der Waals surface area contributed by atoms with E-state index < -0.39 is 6.10 Å². The number of ether oxygens (including phenoxy) is 1. The minimum atomic E-state index is -0.555. The summed E-state index contributed by atoms with van der Waals surface area (Å²) in [4.78, 5) is 0. The van der Waals surface area contributed by atoms with Gasteiger partial charge in [-0.3, -0.25) is 0 Å². The van der Waals surface area contributed by atoms with Gasteiger partial charge in [0.05, 0.1) is 6.10 Å². The van der Waals surface area contributed by atoms with Crippen LogP contribution < -0.4 is 4.74 Å². The Hall–Kier alpha value is -1.32. The molecule has 0 heterocycles. The van der Waals surface area contributed by atoms with Crippen molar-refractivity contribution in [3.05, 3.63) is 63.6 Å². The number of hydrogen-bond acceptors (Lipinski definition) is 2. The maximum Gasteiger partial charge on any atom is 0.125 e. The Bertz CT molecular complexity index is 589. The molecular formula is C18H21BrO2. The average Bonchev–Trinajstić information content (AvgIpc) is 2.46. The number of hydrogen-bond donors (Lipinski definition) is 1. The predicted octanol–water partition coefficient (Wildman–Crippen LogP) is 5.20.